The van der Waals surface area contributed by atoms with E-state index in [9.17, 15) is 9.18 Å². The highest BCUT2D eigenvalue weighted by Gasteiger charge is 2.09. The number of carbonyl (C=O) groups excluding carboxylic acids is 1. The van der Waals surface area contributed by atoms with E-state index < -0.39 is 0 Å². The van der Waals surface area contributed by atoms with Crippen molar-refractivity contribution in [1.29, 1.82) is 0 Å². The molecule has 0 atom stereocenters. The molecule has 0 heterocycles. The first-order chi connectivity index (χ1) is 8.56. The van der Waals surface area contributed by atoms with Crippen molar-refractivity contribution in [3.63, 3.8) is 0 Å². The van der Waals surface area contributed by atoms with Crippen LogP contribution in [0.3, 0.4) is 0 Å². The number of rotatable bonds is 3. The Morgan fingerprint density at radius 2 is 2.00 bits per heavy atom. The van der Waals surface area contributed by atoms with Crippen molar-refractivity contribution in [2.45, 2.75) is 13.3 Å². The molecule has 3 heteroatoms. The fraction of sp³-hybridized carbons (Fsp3) is 0.133. The average molecular weight is 307 g/mol. The van der Waals surface area contributed by atoms with Crippen LogP contribution in [-0.4, -0.2) is 5.78 Å². The standard InChI is InChI=1S/C15H12BrFO/c1-10-7-12(5-6-14(10)17)15(18)9-11-3-2-4-13(16)8-11/h2-8H,9H2,1H3. The predicted molar refractivity (Wildman–Crippen MR) is 73.3 cm³/mol. The Bertz CT molecular complexity index is 593. The van der Waals surface area contributed by atoms with Crippen molar-refractivity contribution < 1.29 is 9.18 Å². The monoisotopic (exact) mass is 306 g/mol. The SMILES string of the molecule is Cc1cc(C(=O)Cc2cccc(Br)c2)ccc1F. The van der Waals surface area contributed by atoms with Gasteiger partial charge in [-0.15, -0.1) is 0 Å². The van der Waals surface area contributed by atoms with Gasteiger partial charge in [0.2, 0.25) is 0 Å². The molecule has 0 saturated heterocycles. The van der Waals surface area contributed by atoms with Crippen LogP contribution in [0.1, 0.15) is 21.5 Å². The van der Waals surface area contributed by atoms with Gasteiger partial charge < -0.3 is 0 Å². The van der Waals surface area contributed by atoms with Crippen molar-refractivity contribution in [1.82, 2.24) is 0 Å². The quantitative estimate of drug-likeness (QED) is 0.772. The van der Waals surface area contributed by atoms with Crippen molar-refractivity contribution in [3.05, 3.63) is 69.4 Å². The fourth-order valence-corrected chi connectivity index (χ4v) is 2.20. The molecule has 0 amide bonds. The zero-order chi connectivity index (χ0) is 13.1. The molecule has 0 saturated carbocycles. The van der Waals surface area contributed by atoms with Gasteiger partial charge in [0.05, 0.1) is 0 Å². The maximum atomic E-state index is 13.1. The molecule has 0 aliphatic heterocycles. The molecule has 1 nitrogen and oxygen atoms in total. The second kappa shape index (κ2) is 5.44. The summed E-state index contributed by atoms with van der Waals surface area (Å²) in [6.45, 7) is 1.66. The van der Waals surface area contributed by atoms with Crippen molar-refractivity contribution in [3.8, 4) is 0 Å². The van der Waals surface area contributed by atoms with Crippen LogP contribution >= 0.6 is 15.9 Å². The average Bonchev–Trinajstić information content (AvgIpc) is 2.32. The lowest BCUT2D eigenvalue weighted by molar-refractivity contribution is 0.0993. The minimum absolute atomic E-state index is 0.00352. The third-order valence-corrected chi connectivity index (χ3v) is 3.23. The lowest BCUT2D eigenvalue weighted by Gasteiger charge is -2.04. The van der Waals surface area contributed by atoms with E-state index >= 15 is 0 Å². The van der Waals surface area contributed by atoms with Gasteiger partial charge in [-0.25, -0.2) is 4.39 Å². The van der Waals surface area contributed by atoms with Gasteiger partial charge in [0, 0.05) is 16.5 Å². The van der Waals surface area contributed by atoms with Crippen LogP contribution in [0.5, 0.6) is 0 Å². The Balaban J connectivity index is 2.19. The second-order valence-corrected chi connectivity index (χ2v) is 5.11. The minimum Gasteiger partial charge on any atom is -0.294 e. The van der Waals surface area contributed by atoms with Crippen LogP contribution in [0.25, 0.3) is 0 Å². The molecule has 2 aromatic rings. The first kappa shape index (κ1) is 13.0. The highest BCUT2D eigenvalue weighted by atomic mass is 79.9. The number of aryl methyl sites for hydroxylation is 1. The summed E-state index contributed by atoms with van der Waals surface area (Å²) in [6, 6.07) is 12.1. The maximum Gasteiger partial charge on any atom is 0.167 e. The lowest BCUT2D eigenvalue weighted by atomic mass is 10.0. The number of carbonyl (C=O) groups is 1. The normalized spacial score (nSPS) is 10.4. The molecule has 18 heavy (non-hydrogen) atoms. The number of ketones is 1. The Labute approximate surface area is 114 Å². The number of halogens is 2. The number of benzene rings is 2. The van der Waals surface area contributed by atoms with E-state index in [1.807, 2.05) is 24.3 Å². The molecule has 0 radical (unpaired) electrons. The lowest BCUT2D eigenvalue weighted by Crippen LogP contribution is -2.04. The molecule has 0 unspecified atom stereocenters. The largest absolute Gasteiger partial charge is 0.294 e. The van der Waals surface area contributed by atoms with E-state index in [-0.39, 0.29) is 11.6 Å². The molecule has 0 bridgehead atoms. The van der Waals surface area contributed by atoms with Gasteiger partial charge in [0.25, 0.3) is 0 Å². The van der Waals surface area contributed by atoms with Gasteiger partial charge in [-0.3, -0.25) is 4.79 Å². The molecule has 92 valence electrons. The molecule has 0 aliphatic carbocycles. The predicted octanol–water partition coefficient (Wildman–Crippen LogP) is 4.32. The van der Waals surface area contributed by atoms with Gasteiger partial charge in [-0.05, 0) is 48.4 Å². The number of hydrogen-bond acceptors (Lipinski definition) is 1. The summed E-state index contributed by atoms with van der Waals surface area (Å²) in [5.74, 6) is -0.287. The molecule has 0 aromatic heterocycles. The topological polar surface area (TPSA) is 17.1 Å². The molecule has 0 spiro atoms. The highest BCUT2D eigenvalue weighted by molar-refractivity contribution is 9.10. The summed E-state index contributed by atoms with van der Waals surface area (Å²) < 4.78 is 14.1. The van der Waals surface area contributed by atoms with Crippen molar-refractivity contribution in [2.24, 2.45) is 0 Å². The van der Waals surface area contributed by atoms with E-state index in [1.54, 1.807) is 13.0 Å². The molecule has 2 rings (SSSR count). The van der Waals surface area contributed by atoms with Crippen LogP contribution in [0.2, 0.25) is 0 Å². The molecular formula is C15H12BrFO. The molecular weight excluding hydrogens is 295 g/mol. The maximum absolute atomic E-state index is 13.1. The fourth-order valence-electron chi connectivity index (χ4n) is 1.75. The summed E-state index contributed by atoms with van der Waals surface area (Å²) in [7, 11) is 0. The zero-order valence-corrected chi connectivity index (χ0v) is 11.5. The van der Waals surface area contributed by atoms with Crippen LogP contribution in [-0.2, 0) is 6.42 Å². The second-order valence-electron chi connectivity index (χ2n) is 4.19. The zero-order valence-electron chi connectivity index (χ0n) is 9.91. The van der Waals surface area contributed by atoms with E-state index in [0.29, 0.717) is 17.5 Å². The van der Waals surface area contributed by atoms with Crippen LogP contribution in [0.4, 0.5) is 4.39 Å². The first-order valence-corrected chi connectivity index (χ1v) is 6.39. The van der Waals surface area contributed by atoms with Crippen LogP contribution in [0.15, 0.2) is 46.9 Å². The first-order valence-electron chi connectivity index (χ1n) is 5.60. The third kappa shape index (κ3) is 3.05. The van der Waals surface area contributed by atoms with E-state index in [2.05, 4.69) is 15.9 Å². The van der Waals surface area contributed by atoms with Gasteiger partial charge in [0.15, 0.2) is 5.78 Å². The number of hydrogen-bond donors (Lipinski definition) is 0. The summed E-state index contributed by atoms with van der Waals surface area (Å²) in [5.41, 5.74) is 1.99. The summed E-state index contributed by atoms with van der Waals surface area (Å²) >= 11 is 3.37. The van der Waals surface area contributed by atoms with E-state index in [1.165, 1.54) is 12.1 Å². The third-order valence-electron chi connectivity index (χ3n) is 2.73. The van der Waals surface area contributed by atoms with Crippen molar-refractivity contribution >= 4 is 21.7 Å². The van der Waals surface area contributed by atoms with E-state index in [4.69, 9.17) is 0 Å². The Kier molecular flexibility index (Phi) is 3.92. The molecule has 0 aliphatic rings. The number of Topliss-reactive ketones (excluding diaryl/α,β-unsaturated/α-hetero) is 1. The van der Waals surface area contributed by atoms with Crippen molar-refractivity contribution in [2.75, 3.05) is 0 Å². The molecule has 0 N–H and O–H groups in total. The van der Waals surface area contributed by atoms with Crippen LogP contribution in [0, 0.1) is 12.7 Å². The van der Waals surface area contributed by atoms with Crippen LogP contribution < -0.4 is 0 Å². The minimum atomic E-state index is -0.283. The smallest absolute Gasteiger partial charge is 0.167 e. The summed E-state index contributed by atoms with van der Waals surface area (Å²) in [5, 5.41) is 0. The molecule has 0 fully saturated rings. The van der Waals surface area contributed by atoms with Gasteiger partial charge in [-0.2, -0.15) is 0 Å². The summed E-state index contributed by atoms with van der Waals surface area (Å²) in [4.78, 5) is 12.1. The Hall–Kier alpha value is -1.48. The van der Waals surface area contributed by atoms with Gasteiger partial charge in [-0.1, -0.05) is 28.1 Å². The Morgan fingerprint density at radius 3 is 2.67 bits per heavy atom. The highest BCUT2D eigenvalue weighted by Crippen LogP contribution is 2.15. The Morgan fingerprint density at radius 1 is 1.22 bits per heavy atom. The van der Waals surface area contributed by atoms with Gasteiger partial charge in [0.1, 0.15) is 5.82 Å². The van der Waals surface area contributed by atoms with E-state index in [0.717, 1.165) is 10.0 Å². The molecule has 2 aromatic carbocycles. The summed E-state index contributed by atoms with van der Waals surface area (Å²) in [6.07, 6.45) is 0.324. The van der Waals surface area contributed by atoms with Gasteiger partial charge >= 0.3 is 0 Å².